The van der Waals surface area contributed by atoms with Gasteiger partial charge in [0.15, 0.2) is 0 Å². The maximum Gasteiger partial charge on any atom is 0.0605 e. The summed E-state index contributed by atoms with van der Waals surface area (Å²) in [5, 5.41) is 4.09. The van der Waals surface area contributed by atoms with E-state index in [4.69, 9.17) is 11.6 Å². The lowest BCUT2D eigenvalue weighted by atomic mass is 9.87. The van der Waals surface area contributed by atoms with Gasteiger partial charge < -0.3 is 5.32 Å². The van der Waals surface area contributed by atoms with Gasteiger partial charge in [0.2, 0.25) is 0 Å². The highest BCUT2D eigenvalue weighted by molar-refractivity contribution is 6.30. The Bertz CT molecular complexity index is 695. The highest BCUT2D eigenvalue weighted by Gasteiger charge is 2.33. The molecular formula is C20H24Cl2N2. The molecule has 4 rings (SSSR count). The predicted octanol–water partition coefficient (Wildman–Crippen LogP) is 5.16. The number of hydrogen-bond acceptors (Lipinski definition) is 2. The molecule has 1 unspecified atom stereocenters. The molecule has 0 saturated heterocycles. The summed E-state index contributed by atoms with van der Waals surface area (Å²) in [5.74, 6) is 0.902. The van der Waals surface area contributed by atoms with Crippen LogP contribution < -0.4 is 5.32 Å². The van der Waals surface area contributed by atoms with Crippen LogP contribution in [0.15, 0.2) is 42.5 Å². The molecule has 1 fully saturated rings. The highest BCUT2D eigenvalue weighted by Crippen LogP contribution is 2.40. The second-order valence-electron chi connectivity index (χ2n) is 6.81. The summed E-state index contributed by atoms with van der Waals surface area (Å²) < 4.78 is 0. The summed E-state index contributed by atoms with van der Waals surface area (Å²) in [5.41, 5.74) is 5.47. The van der Waals surface area contributed by atoms with E-state index in [0.717, 1.165) is 23.9 Å². The quantitative estimate of drug-likeness (QED) is 0.807. The molecule has 0 spiro atoms. The molecule has 2 nitrogen and oxygen atoms in total. The molecule has 4 heteroatoms. The Balaban J connectivity index is 0.00000169. The Hall–Kier alpha value is -1.22. The van der Waals surface area contributed by atoms with Crippen molar-refractivity contribution in [3.05, 3.63) is 64.2 Å². The lowest BCUT2D eigenvalue weighted by molar-refractivity contribution is 0.204. The van der Waals surface area contributed by atoms with E-state index in [1.165, 1.54) is 41.8 Å². The number of nitrogens with zero attached hydrogens (tertiary/aromatic N) is 1. The third-order valence-electron chi connectivity index (χ3n) is 5.14. The fraction of sp³-hybridized carbons (Fsp3) is 0.400. The van der Waals surface area contributed by atoms with E-state index in [2.05, 4.69) is 40.5 Å². The number of rotatable bonds is 4. The third kappa shape index (κ3) is 3.56. The Morgan fingerprint density at radius 1 is 1.12 bits per heavy atom. The van der Waals surface area contributed by atoms with Crippen LogP contribution in [0, 0.1) is 5.92 Å². The van der Waals surface area contributed by atoms with Gasteiger partial charge in [-0.05, 0) is 66.1 Å². The average Bonchev–Trinajstić information content (AvgIpc) is 3.39. The van der Waals surface area contributed by atoms with Gasteiger partial charge in [0.25, 0.3) is 0 Å². The molecule has 1 heterocycles. The Kier molecular flexibility index (Phi) is 5.39. The first-order valence-electron chi connectivity index (χ1n) is 8.54. The lowest BCUT2D eigenvalue weighted by Crippen LogP contribution is -2.37. The summed E-state index contributed by atoms with van der Waals surface area (Å²) in [4.78, 5) is 2.67. The first-order chi connectivity index (χ1) is 11.2. The molecule has 2 aliphatic rings. The SMILES string of the molecule is CNc1ccc2c(c1)C(c1ccc(Cl)cc1)N(CC1CC1)CC2.Cl. The van der Waals surface area contributed by atoms with Crippen LogP contribution in [-0.4, -0.2) is 25.0 Å². The van der Waals surface area contributed by atoms with Crippen molar-refractivity contribution >= 4 is 29.7 Å². The Morgan fingerprint density at radius 2 is 1.88 bits per heavy atom. The first kappa shape index (κ1) is 17.6. The molecule has 2 aromatic carbocycles. The Labute approximate surface area is 155 Å². The molecule has 0 aromatic heterocycles. The van der Waals surface area contributed by atoms with Crippen molar-refractivity contribution in [1.82, 2.24) is 4.90 Å². The number of hydrogen-bond donors (Lipinski definition) is 1. The molecule has 1 saturated carbocycles. The van der Waals surface area contributed by atoms with E-state index < -0.39 is 0 Å². The molecule has 24 heavy (non-hydrogen) atoms. The van der Waals surface area contributed by atoms with E-state index in [1.807, 2.05) is 19.2 Å². The average molecular weight is 363 g/mol. The fourth-order valence-corrected chi connectivity index (χ4v) is 3.81. The molecule has 1 aliphatic carbocycles. The Morgan fingerprint density at radius 3 is 2.54 bits per heavy atom. The summed E-state index contributed by atoms with van der Waals surface area (Å²) in [6.07, 6.45) is 3.94. The lowest BCUT2D eigenvalue weighted by Gasteiger charge is -2.38. The number of fused-ring (bicyclic) bond motifs is 1. The summed E-state index contributed by atoms with van der Waals surface area (Å²) in [6, 6.07) is 15.6. The van der Waals surface area contributed by atoms with Crippen LogP contribution in [0.5, 0.6) is 0 Å². The topological polar surface area (TPSA) is 15.3 Å². The maximum atomic E-state index is 6.11. The van der Waals surface area contributed by atoms with Crippen LogP contribution in [0.1, 0.15) is 35.6 Å². The van der Waals surface area contributed by atoms with Gasteiger partial charge in [-0.2, -0.15) is 0 Å². The second kappa shape index (κ2) is 7.35. The summed E-state index contributed by atoms with van der Waals surface area (Å²) in [7, 11) is 1.99. The molecule has 0 amide bonds. The standard InChI is InChI=1S/C20H23ClN2.ClH/c1-22-18-9-6-15-10-11-23(13-14-2-3-14)20(19(15)12-18)16-4-7-17(21)8-5-16;/h4-9,12,14,20,22H,2-3,10-11,13H2,1H3;1H. The minimum Gasteiger partial charge on any atom is -0.388 e. The molecule has 1 aliphatic heterocycles. The molecule has 128 valence electrons. The molecular weight excluding hydrogens is 339 g/mol. The van der Waals surface area contributed by atoms with E-state index in [9.17, 15) is 0 Å². The number of halogens is 2. The van der Waals surface area contributed by atoms with E-state index in [-0.39, 0.29) is 12.4 Å². The number of nitrogens with one attached hydrogen (secondary N) is 1. The van der Waals surface area contributed by atoms with Crippen molar-refractivity contribution in [1.29, 1.82) is 0 Å². The van der Waals surface area contributed by atoms with Gasteiger partial charge >= 0.3 is 0 Å². The minimum atomic E-state index is 0. The normalized spacial score (nSPS) is 20.2. The fourth-order valence-electron chi connectivity index (χ4n) is 3.69. The van der Waals surface area contributed by atoms with Crippen LogP contribution >= 0.6 is 24.0 Å². The van der Waals surface area contributed by atoms with Gasteiger partial charge in [-0.15, -0.1) is 12.4 Å². The zero-order valence-electron chi connectivity index (χ0n) is 14.0. The number of anilines is 1. The first-order valence-corrected chi connectivity index (χ1v) is 8.92. The molecule has 1 N–H and O–H groups in total. The predicted molar refractivity (Wildman–Crippen MR) is 105 cm³/mol. The van der Waals surface area contributed by atoms with Gasteiger partial charge in [-0.25, -0.2) is 0 Å². The van der Waals surface area contributed by atoms with Crippen LogP contribution in [0.4, 0.5) is 5.69 Å². The van der Waals surface area contributed by atoms with Gasteiger partial charge in [-0.3, -0.25) is 4.90 Å². The van der Waals surface area contributed by atoms with Crippen LogP contribution in [-0.2, 0) is 6.42 Å². The van der Waals surface area contributed by atoms with Gasteiger partial charge in [0.05, 0.1) is 6.04 Å². The third-order valence-corrected chi connectivity index (χ3v) is 5.39. The van der Waals surface area contributed by atoms with Crippen molar-refractivity contribution in [2.45, 2.75) is 25.3 Å². The zero-order valence-corrected chi connectivity index (χ0v) is 15.5. The monoisotopic (exact) mass is 362 g/mol. The van der Waals surface area contributed by atoms with Gasteiger partial charge in [0.1, 0.15) is 0 Å². The van der Waals surface area contributed by atoms with E-state index >= 15 is 0 Å². The van der Waals surface area contributed by atoms with Gasteiger partial charge in [-0.1, -0.05) is 29.8 Å². The smallest absolute Gasteiger partial charge is 0.0605 e. The van der Waals surface area contributed by atoms with Crippen molar-refractivity contribution in [3.63, 3.8) is 0 Å². The highest BCUT2D eigenvalue weighted by atomic mass is 35.5. The van der Waals surface area contributed by atoms with E-state index in [1.54, 1.807) is 0 Å². The van der Waals surface area contributed by atoms with Crippen molar-refractivity contribution in [2.24, 2.45) is 5.92 Å². The van der Waals surface area contributed by atoms with E-state index in [0.29, 0.717) is 6.04 Å². The minimum absolute atomic E-state index is 0. The second-order valence-corrected chi connectivity index (χ2v) is 7.24. The summed E-state index contributed by atoms with van der Waals surface area (Å²) >= 11 is 6.11. The largest absolute Gasteiger partial charge is 0.388 e. The van der Waals surface area contributed by atoms with Crippen LogP contribution in [0.2, 0.25) is 5.02 Å². The van der Waals surface area contributed by atoms with Crippen molar-refractivity contribution in [2.75, 3.05) is 25.5 Å². The summed E-state index contributed by atoms with van der Waals surface area (Å²) in [6.45, 7) is 2.37. The zero-order chi connectivity index (χ0) is 15.8. The van der Waals surface area contributed by atoms with Gasteiger partial charge in [0, 0.05) is 30.8 Å². The maximum absolute atomic E-state index is 6.11. The van der Waals surface area contributed by atoms with Crippen molar-refractivity contribution < 1.29 is 0 Å². The van der Waals surface area contributed by atoms with Crippen molar-refractivity contribution in [3.8, 4) is 0 Å². The van der Waals surface area contributed by atoms with Crippen LogP contribution in [0.3, 0.4) is 0 Å². The molecule has 1 atom stereocenters. The number of benzene rings is 2. The molecule has 0 radical (unpaired) electrons. The van der Waals surface area contributed by atoms with Crippen LogP contribution in [0.25, 0.3) is 0 Å². The molecule has 0 bridgehead atoms. The molecule has 2 aromatic rings.